The van der Waals surface area contributed by atoms with Crippen LogP contribution in [-0.2, 0) is 21.8 Å². The number of methoxy groups -OCH3 is 2. The molecular formula is C13H17FN4O2S. The van der Waals surface area contributed by atoms with Crippen molar-refractivity contribution in [1.82, 2.24) is 20.2 Å². The maximum Gasteiger partial charge on any atom is 0.209 e. The standard InChI is InChI=1S/C13H17FN4O2S/c1-9-6-11(14)5-4-10(9)8-21-13-15-16-17-18(13)7-12(19-2)20-3/h4-6,12H,7-8H2,1-3H3. The lowest BCUT2D eigenvalue weighted by Crippen LogP contribution is -2.21. The van der Waals surface area contributed by atoms with Crippen LogP contribution in [0.25, 0.3) is 0 Å². The van der Waals surface area contributed by atoms with Gasteiger partial charge in [0.05, 0.1) is 6.54 Å². The second kappa shape index (κ2) is 7.48. The van der Waals surface area contributed by atoms with Crippen LogP contribution in [0.2, 0.25) is 0 Å². The number of hydrogen-bond donors (Lipinski definition) is 0. The van der Waals surface area contributed by atoms with Crippen molar-refractivity contribution < 1.29 is 13.9 Å². The number of tetrazole rings is 1. The van der Waals surface area contributed by atoms with Gasteiger partial charge in [-0.1, -0.05) is 17.8 Å². The van der Waals surface area contributed by atoms with Gasteiger partial charge in [0, 0.05) is 20.0 Å². The Labute approximate surface area is 126 Å². The van der Waals surface area contributed by atoms with Crippen molar-refractivity contribution >= 4 is 11.8 Å². The summed E-state index contributed by atoms with van der Waals surface area (Å²) in [4.78, 5) is 0. The van der Waals surface area contributed by atoms with E-state index in [1.807, 2.05) is 6.92 Å². The van der Waals surface area contributed by atoms with Crippen LogP contribution < -0.4 is 0 Å². The van der Waals surface area contributed by atoms with Crippen molar-refractivity contribution in [2.45, 2.75) is 30.7 Å². The van der Waals surface area contributed by atoms with E-state index in [1.54, 1.807) is 25.0 Å². The smallest absolute Gasteiger partial charge is 0.209 e. The molecule has 2 rings (SSSR count). The van der Waals surface area contributed by atoms with Crippen molar-refractivity contribution in [3.05, 3.63) is 35.1 Å². The number of rotatable bonds is 7. The van der Waals surface area contributed by atoms with Crippen molar-refractivity contribution in [1.29, 1.82) is 0 Å². The van der Waals surface area contributed by atoms with Crippen molar-refractivity contribution in [2.75, 3.05) is 14.2 Å². The van der Waals surface area contributed by atoms with Gasteiger partial charge in [0.1, 0.15) is 5.82 Å². The summed E-state index contributed by atoms with van der Waals surface area (Å²) in [5.41, 5.74) is 1.96. The van der Waals surface area contributed by atoms with Gasteiger partial charge in [-0.2, -0.15) is 0 Å². The normalized spacial score (nSPS) is 11.3. The molecular weight excluding hydrogens is 295 g/mol. The van der Waals surface area contributed by atoms with E-state index in [1.165, 1.54) is 23.9 Å². The molecule has 0 spiro atoms. The second-order valence-corrected chi connectivity index (χ2v) is 5.35. The Morgan fingerprint density at radius 1 is 1.33 bits per heavy atom. The minimum atomic E-state index is -0.402. The summed E-state index contributed by atoms with van der Waals surface area (Å²) in [5, 5.41) is 12.2. The highest BCUT2D eigenvalue weighted by Crippen LogP contribution is 2.22. The summed E-state index contributed by atoms with van der Waals surface area (Å²) in [6.07, 6.45) is -0.402. The molecule has 8 heteroatoms. The molecule has 0 aliphatic rings. The van der Waals surface area contributed by atoms with Gasteiger partial charge in [-0.15, -0.1) is 5.10 Å². The van der Waals surface area contributed by atoms with Crippen molar-refractivity contribution in [3.8, 4) is 0 Å². The Morgan fingerprint density at radius 2 is 2.10 bits per heavy atom. The molecule has 0 unspecified atom stereocenters. The molecule has 2 aromatic rings. The van der Waals surface area contributed by atoms with Crippen LogP contribution in [0, 0.1) is 12.7 Å². The number of benzene rings is 1. The summed E-state index contributed by atoms with van der Waals surface area (Å²) >= 11 is 1.48. The zero-order valence-corrected chi connectivity index (χ0v) is 12.9. The van der Waals surface area contributed by atoms with Crippen LogP contribution in [-0.4, -0.2) is 40.7 Å². The lowest BCUT2D eigenvalue weighted by atomic mass is 10.1. The highest BCUT2D eigenvalue weighted by Gasteiger charge is 2.13. The van der Waals surface area contributed by atoms with Crippen LogP contribution in [0.15, 0.2) is 23.4 Å². The largest absolute Gasteiger partial charge is 0.354 e. The van der Waals surface area contributed by atoms with Gasteiger partial charge in [0.2, 0.25) is 5.16 Å². The fraction of sp³-hybridized carbons (Fsp3) is 0.462. The first-order chi connectivity index (χ1) is 10.1. The maximum atomic E-state index is 13.1. The van der Waals surface area contributed by atoms with E-state index < -0.39 is 6.29 Å². The molecule has 1 aromatic heterocycles. The Morgan fingerprint density at radius 3 is 2.76 bits per heavy atom. The molecule has 0 N–H and O–H groups in total. The molecule has 1 aromatic carbocycles. The van der Waals surface area contributed by atoms with E-state index in [2.05, 4.69) is 15.5 Å². The third-order valence-electron chi connectivity index (χ3n) is 3.01. The Bertz CT molecular complexity index is 589. The van der Waals surface area contributed by atoms with Crippen LogP contribution in [0.5, 0.6) is 0 Å². The summed E-state index contributed by atoms with van der Waals surface area (Å²) in [6.45, 7) is 2.29. The highest BCUT2D eigenvalue weighted by atomic mass is 32.2. The van der Waals surface area contributed by atoms with E-state index in [4.69, 9.17) is 9.47 Å². The minimum Gasteiger partial charge on any atom is -0.354 e. The summed E-state index contributed by atoms with van der Waals surface area (Å²) in [7, 11) is 3.13. The van der Waals surface area contributed by atoms with Gasteiger partial charge >= 0.3 is 0 Å². The molecule has 0 radical (unpaired) electrons. The first kappa shape index (κ1) is 15.9. The lowest BCUT2D eigenvalue weighted by molar-refractivity contribution is -0.113. The maximum absolute atomic E-state index is 13.1. The molecule has 0 aliphatic heterocycles. The number of nitrogens with zero attached hydrogens (tertiary/aromatic N) is 4. The zero-order valence-electron chi connectivity index (χ0n) is 12.1. The Hall–Kier alpha value is -1.51. The summed E-state index contributed by atoms with van der Waals surface area (Å²) in [6, 6.07) is 4.75. The van der Waals surface area contributed by atoms with Gasteiger partial charge < -0.3 is 9.47 Å². The van der Waals surface area contributed by atoms with Crippen LogP contribution in [0.4, 0.5) is 4.39 Å². The SMILES string of the molecule is COC(Cn1nnnc1SCc1ccc(F)cc1C)OC. The van der Waals surface area contributed by atoms with E-state index >= 15 is 0 Å². The van der Waals surface area contributed by atoms with Gasteiger partial charge in [-0.05, 0) is 40.6 Å². The molecule has 114 valence electrons. The van der Waals surface area contributed by atoms with Gasteiger partial charge in [0.15, 0.2) is 6.29 Å². The Kier molecular flexibility index (Phi) is 5.66. The molecule has 6 nitrogen and oxygen atoms in total. The monoisotopic (exact) mass is 312 g/mol. The highest BCUT2D eigenvalue weighted by molar-refractivity contribution is 7.98. The average molecular weight is 312 g/mol. The molecule has 0 atom stereocenters. The molecule has 0 saturated carbocycles. The number of ether oxygens (including phenoxy) is 2. The minimum absolute atomic E-state index is 0.228. The molecule has 21 heavy (non-hydrogen) atoms. The zero-order chi connectivity index (χ0) is 15.2. The van der Waals surface area contributed by atoms with Crippen LogP contribution >= 0.6 is 11.8 Å². The first-order valence-electron chi connectivity index (χ1n) is 6.33. The fourth-order valence-corrected chi connectivity index (χ4v) is 2.73. The van der Waals surface area contributed by atoms with Gasteiger partial charge in [-0.3, -0.25) is 0 Å². The predicted octanol–water partition coefficient (Wildman–Crippen LogP) is 2.03. The molecule has 0 aliphatic carbocycles. The summed E-state index contributed by atoms with van der Waals surface area (Å²) in [5.74, 6) is 0.436. The average Bonchev–Trinajstić information content (AvgIpc) is 2.91. The van der Waals surface area contributed by atoms with Gasteiger partial charge in [0.25, 0.3) is 0 Å². The third kappa shape index (κ3) is 4.23. The van der Waals surface area contributed by atoms with E-state index in [0.717, 1.165) is 11.1 Å². The molecule has 0 bridgehead atoms. The van der Waals surface area contributed by atoms with E-state index in [0.29, 0.717) is 17.5 Å². The number of aryl methyl sites for hydroxylation is 1. The van der Waals surface area contributed by atoms with Gasteiger partial charge in [-0.25, -0.2) is 9.07 Å². The number of aromatic nitrogens is 4. The number of hydrogen-bond acceptors (Lipinski definition) is 6. The van der Waals surface area contributed by atoms with Crippen molar-refractivity contribution in [2.24, 2.45) is 0 Å². The third-order valence-corrected chi connectivity index (χ3v) is 4.01. The second-order valence-electron chi connectivity index (χ2n) is 4.40. The molecule has 0 fully saturated rings. The predicted molar refractivity (Wildman–Crippen MR) is 76.3 cm³/mol. The quantitative estimate of drug-likeness (QED) is 0.576. The first-order valence-corrected chi connectivity index (χ1v) is 7.32. The number of thioether (sulfide) groups is 1. The molecule has 1 heterocycles. The van der Waals surface area contributed by atoms with E-state index in [-0.39, 0.29) is 5.82 Å². The summed E-state index contributed by atoms with van der Waals surface area (Å²) < 4.78 is 25.0. The Balaban J connectivity index is 2.02. The molecule has 0 amide bonds. The number of halogens is 1. The van der Waals surface area contributed by atoms with E-state index in [9.17, 15) is 4.39 Å². The van der Waals surface area contributed by atoms with Crippen LogP contribution in [0.3, 0.4) is 0 Å². The topological polar surface area (TPSA) is 62.1 Å². The lowest BCUT2D eigenvalue weighted by Gasteiger charge is -2.13. The molecule has 0 saturated heterocycles. The fourth-order valence-electron chi connectivity index (χ4n) is 1.76. The van der Waals surface area contributed by atoms with Crippen LogP contribution in [0.1, 0.15) is 11.1 Å². The van der Waals surface area contributed by atoms with Crippen molar-refractivity contribution in [3.63, 3.8) is 0 Å².